The molecule has 2 atom stereocenters. The predicted octanol–water partition coefficient (Wildman–Crippen LogP) is 1.83. The van der Waals surface area contributed by atoms with Crippen molar-refractivity contribution in [2.45, 2.75) is 38.5 Å². The van der Waals surface area contributed by atoms with Crippen molar-refractivity contribution in [2.75, 3.05) is 36.5 Å². The Morgan fingerprint density at radius 3 is 2.62 bits per heavy atom. The highest BCUT2D eigenvalue weighted by Gasteiger charge is 2.38. The Kier molecular flexibility index (Phi) is 4.99. The van der Waals surface area contributed by atoms with Crippen molar-refractivity contribution in [3.05, 3.63) is 42.0 Å². The molecule has 0 unspecified atom stereocenters. The van der Waals surface area contributed by atoms with Gasteiger partial charge < -0.3 is 19.7 Å². The first-order valence-corrected chi connectivity index (χ1v) is 9.20. The molecule has 0 aliphatic carbocycles. The van der Waals surface area contributed by atoms with Gasteiger partial charge in [0.2, 0.25) is 5.95 Å². The second-order valence-electron chi connectivity index (χ2n) is 6.88. The smallest absolute Gasteiger partial charge is 0.225 e. The lowest BCUT2D eigenvalue weighted by Gasteiger charge is -2.20. The SMILES string of the molecule is CCc1nc(N2C[C@@H]3OCC(Nc4cccnc4)CO[C@H]3C2)ncc1C. The van der Waals surface area contributed by atoms with Gasteiger partial charge in [0.1, 0.15) is 12.2 Å². The van der Waals surface area contributed by atoms with Gasteiger partial charge in [0.25, 0.3) is 0 Å². The zero-order valence-electron chi connectivity index (χ0n) is 15.3. The summed E-state index contributed by atoms with van der Waals surface area (Å²) in [6.07, 6.45) is 6.49. The number of fused-ring (bicyclic) bond motifs is 1. The van der Waals surface area contributed by atoms with Gasteiger partial charge in [-0.1, -0.05) is 6.92 Å². The quantitative estimate of drug-likeness (QED) is 0.897. The number of nitrogens with zero attached hydrogens (tertiary/aromatic N) is 4. The molecule has 2 aliphatic heterocycles. The molecule has 26 heavy (non-hydrogen) atoms. The van der Waals surface area contributed by atoms with E-state index in [4.69, 9.17) is 14.5 Å². The van der Waals surface area contributed by atoms with Gasteiger partial charge in [-0.15, -0.1) is 0 Å². The van der Waals surface area contributed by atoms with Gasteiger partial charge in [-0.05, 0) is 31.0 Å². The molecule has 2 aliphatic rings. The first kappa shape index (κ1) is 17.2. The Bertz CT molecular complexity index is 726. The van der Waals surface area contributed by atoms with E-state index < -0.39 is 0 Å². The molecular weight excluding hydrogens is 330 g/mol. The average Bonchev–Trinajstić information content (AvgIpc) is 2.99. The minimum Gasteiger partial charge on any atom is -0.376 e. The van der Waals surface area contributed by atoms with Crippen LogP contribution in [0.2, 0.25) is 0 Å². The summed E-state index contributed by atoms with van der Waals surface area (Å²) in [5, 5.41) is 3.42. The van der Waals surface area contributed by atoms with E-state index in [2.05, 4.69) is 34.0 Å². The van der Waals surface area contributed by atoms with Crippen LogP contribution in [-0.4, -0.2) is 59.5 Å². The molecule has 0 aromatic carbocycles. The number of ether oxygens (including phenoxy) is 2. The van der Waals surface area contributed by atoms with Crippen LogP contribution >= 0.6 is 0 Å². The molecule has 2 fully saturated rings. The Hall–Kier alpha value is -2.25. The third-order valence-corrected chi connectivity index (χ3v) is 4.95. The molecule has 2 aromatic rings. The molecule has 138 valence electrons. The number of nitrogens with one attached hydrogen (secondary N) is 1. The van der Waals surface area contributed by atoms with Crippen molar-refractivity contribution in [1.82, 2.24) is 15.0 Å². The number of aromatic nitrogens is 3. The van der Waals surface area contributed by atoms with Crippen LogP contribution in [0.1, 0.15) is 18.2 Å². The standard InChI is InChI=1S/C19H25N5O2/c1-3-16-13(2)7-21-19(23-16)24-9-17-18(10-24)26-12-15(11-25-17)22-14-5-4-6-20-8-14/h4-8,15,17-18,22H,3,9-12H2,1-2H3/t17-,18-/m0/s1. The summed E-state index contributed by atoms with van der Waals surface area (Å²) in [6.45, 7) is 6.91. The van der Waals surface area contributed by atoms with E-state index in [0.717, 1.165) is 42.4 Å². The molecule has 4 rings (SSSR count). The number of aryl methyl sites for hydroxylation is 2. The van der Waals surface area contributed by atoms with Crippen LogP contribution in [0.25, 0.3) is 0 Å². The maximum absolute atomic E-state index is 6.14. The molecule has 0 radical (unpaired) electrons. The molecule has 1 N–H and O–H groups in total. The fraction of sp³-hybridized carbons (Fsp3) is 0.526. The Morgan fingerprint density at radius 2 is 1.96 bits per heavy atom. The Balaban J connectivity index is 1.38. The molecule has 2 aromatic heterocycles. The number of rotatable bonds is 4. The van der Waals surface area contributed by atoms with Gasteiger partial charge in [-0.3, -0.25) is 4.98 Å². The van der Waals surface area contributed by atoms with Crippen LogP contribution in [0.5, 0.6) is 0 Å². The summed E-state index contributed by atoms with van der Waals surface area (Å²) in [5.74, 6) is 0.776. The van der Waals surface area contributed by atoms with E-state index >= 15 is 0 Å². The third-order valence-electron chi connectivity index (χ3n) is 4.95. The normalized spacial score (nSPS) is 23.5. The molecule has 0 amide bonds. The minimum absolute atomic E-state index is 0.0469. The summed E-state index contributed by atoms with van der Waals surface area (Å²) in [4.78, 5) is 15.5. The summed E-state index contributed by atoms with van der Waals surface area (Å²) in [6, 6.07) is 4.04. The molecule has 7 nitrogen and oxygen atoms in total. The van der Waals surface area contributed by atoms with Crippen LogP contribution in [0.4, 0.5) is 11.6 Å². The van der Waals surface area contributed by atoms with Crippen LogP contribution in [0.3, 0.4) is 0 Å². The lowest BCUT2D eigenvalue weighted by Crippen LogP contribution is -2.31. The van der Waals surface area contributed by atoms with Crippen molar-refractivity contribution in [2.24, 2.45) is 0 Å². The van der Waals surface area contributed by atoms with Crippen LogP contribution in [0, 0.1) is 6.92 Å². The molecular formula is C19H25N5O2. The summed E-state index contributed by atoms with van der Waals surface area (Å²) in [5.41, 5.74) is 3.23. The average molecular weight is 355 g/mol. The molecule has 0 saturated carbocycles. The van der Waals surface area contributed by atoms with Crippen molar-refractivity contribution in [3.63, 3.8) is 0 Å². The number of anilines is 2. The van der Waals surface area contributed by atoms with Gasteiger partial charge in [-0.2, -0.15) is 0 Å². The van der Waals surface area contributed by atoms with Gasteiger partial charge in [0.15, 0.2) is 0 Å². The van der Waals surface area contributed by atoms with Crippen LogP contribution < -0.4 is 10.2 Å². The van der Waals surface area contributed by atoms with E-state index in [-0.39, 0.29) is 18.2 Å². The van der Waals surface area contributed by atoms with E-state index in [1.165, 1.54) is 0 Å². The van der Waals surface area contributed by atoms with Crippen molar-refractivity contribution < 1.29 is 9.47 Å². The fourth-order valence-electron chi connectivity index (χ4n) is 3.50. The minimum atomic E-state index is 0.0469. The maximum atomic E-state index is 6.14. The van der Waals surface area contributed by atoms with E-state index in [1.807, 2.05) is 24.5 Å². The topological polar surface area (TPSA) is 72.4 Å². The van der Waals surface area contributed by atoms with Crippen molar-refractivity contribution in [3.8, 4) is 0 Å². The van der Waals surface area contributed by atoms with Gasteiger partial charge >= 0.3 is 0 Å². The summed E-state index contributed by atoms with van der Waals surface area (Å²) < 4.78 is 12.3. The molecule has 7 heteroatoms. The fourth-order valence-corrected chi connectivity index (χ4v) is 3.50. The highest BCUT2D eigenvalue weighted by molar-refractivity contribution is 5.41. The van der Waals surface area contributed by atoms with Crippen LogP contribution in [-0.2, 0) is 15.9 Å². The predicted molar refractivity (Wildman–Crippen MR) is 99.5 cm³/mol. The van der Waals surface area contributed by atoms with Gasteiger partial charge in [-0.25, -0.2) is 9.97 Å². The second-order valence-corrected chi connectivity index (χ2v) is 6.88. The highest BCUT2D eigenvalue weighted by Crippen LogP contribution is 2.24. The first-order valence-electron chi connectivity index (χ1n) is 9.20. The number of hydrogen-bond acceptors (Lipinski definition) is 7. The maximum Gasteiger partial charge on any atom is 0.225 e. The monoisotopic (exact) mass is 355 g/mol. The third kappa shape index (κ3) is 3.64. The van der Waals surface area contributed by atoms with Gasteiger partial charge in [0.05, 0.1) is 24.9 Å². The first-order chi connectivity index (χ1) is 12.7. The summed E-state index contributed by atoms with van der Waals surface area (Å²) in [7, 11) is 0. The zero-order valence-corrected chi connectivity index (χ0v) is 15.3. The Labute approximate surface area is 153 Å². The second kappa shape index (κ2) is 7.55. The Morgan fingerprint density at radius 1 is 1.19 bits per heavy atom. The lowest BCUT2D eigenvalue weighted by molar-refractivity contribution is -0.00461. The lowest BCUT2D eigenvalue weighted by atomic mass is 10.2. The number of hydrogen-bond donors (Lipinski definition) is 1. The van der Waals surface area contributed by atoms with E-state index in [9.17, 15) is 0 Å². The number of pyridine rings is 1. The van der Waals surface area contributed by atoms with E-state index in [0.29, 0.717) is 13.2 Å². The largest absolute Gasteiger partial charge is 0.376 e. The van der Waals surface area contributed by atoms with Gasteiger partial charge in [0, 0.05) is 37.4 Å². The van der Waals surface area contributed by atoms with E-state index in [1.54, 1.807) is 6.20 Å². The van der Waals surface area contributed by atoms with Crippen molar-refractivity contribution >= 4 is 11.6 Å². The zero-order chi connectivity index (χ0) is 17.9. The van der Waals surface area contributed by atoms with Crippen molar-refractivity contribution in [1.29, 1.82) is 0 Å². The molecule has 0 spiro atoms. The molecule has 0 bridgehead atoms. The molecule has 4 heterocycles. The highest BCUT2D eigenvalue weighted by atomic mass is 16.6. The van der Waals surface area contributed by atoms with Crippen LogP contribution in [0.15, 0.2) is 30.7 Å². The molecule has 2 saturated heterocycles. The summed E-state index contributed by atoms with van der Waals surface area (Å²) >= 11 is 0.